The third-order valence-corrected chi connectivity index (χ3v) is 5.17. The van der Waals surface area contributed by atoms with Crippen LogP contribution >= 0.6 is 0 Å². The molecule has 7 nitrogen and oxygen atoms in total. The van der Waals surface area contributed by atoms with Crippen molar-refractivity contribution >= 4 is 23.5 Å². The second kappa shape index (κ2) is 7.72. The number of carbonyl (C=O) groups is 3. The maximum absolute atomic E-state index is 12.8. The van der Waals surface area contributed by atoms with Crippen molar-refractivity contribution in [2.45, 2.75) is 6.54 Å². The first-order valence-corrected chi connectivity index (χ1v) is 9.38. The van der Waals surface area contributed by atoms with Crippen molar-refractivity contribution in [3.8, 4) is 0 Å². The summed E-state index contributed by atoms with van der Waals surface area (Å²) in [6.45, 7) is 3.23. The number of benzene rings is 2. The van der Waals surface area contributed by atoms with Gasteiger partial charge in [-0.2, -0.15) is 0 Å². The number of anilines is 1. The molecule has 2 aliphatic rings. The van der Waals surface area contributed by atoms with E-state index in [1.165, 1.54) is 10.6 Å². The third kappa shape index (κ3) is 3.69. The van der Waals surface area contributed by atoms with Gasteiger partial charge in [0.1, 0.15) is 0 Å². The number of hydrogen-bond acceptors (Lipinski definition) is 4. The molecule has 0 spiro atoms. The van der Waals surface area contributed by atoms with E-state index in [9.17, 15) is 14.4 Å². The van der Waals surface area contributed by atoms with Gasteiger partial charge < -0.3 is 15.1 Å². The van der Waals surface area contributed by atoms with E-state index in [0.717, 1.165) is 18.7 Å². The monoisotopic (exact) mass is 378 g/mol. The van der Waals surface area contributed by atoms with E-state index in [-0.39, 0.29) is 30.9 Å². The zero-order valence-electron chi connectivity index (χ0n) is 15.5. The maximum atomic E-state index is 12.8. The number of nitrogens with one attached hydrogen (secondary N) is 1. The fourth-order valence-electron chi connectivity index (χ4n) is 3.54. The van der Waals surface area contributed by atoms with Crippen LogP contribution in [0, 0.1) is 0 Å². The third-order valence-electron chi connectivity index (χ3n) is 5.17. The van der Waals surface area contributed by atoms with Crippen LogP contribution in [-0.4, -0.2) is 60.4 Å². The Morgan fingerprint density at radius 1 is 0.893 bits per heavy atom. The minimum atomic E-state index is -0.374. The summed E-state index contributed by atoms with van der Waals surface area (Å²) in [4.78, 5) is 41.4. The Bertz CT molecular complexity index is 858. The number of para-hydroxylation sites is 1. The first-order chi connectivity index (χ1) is 13.6. The van der Waals surface area contributed by atoms with Gasteiger partial charge in [-0.25, -0.2) is 4.79 Å². The number of imide groups is 1. The molecule has 144 valence electrons. The molecule has 4 amide bonds. The molecule has 2 aliphatic heterocycles. The molecule has 0 unspecified atom stereocenters. The van der Waals surface area contributed by atoms with Gasteiger partial charge in [0.15, 0.2) is 0 Å². The molecule has 2 aromatic carbocycles. The molecule has 1 N–H and O–H groups in total. The van der Waals surface area contributed by atoms with E-state index in [2.05, 4.69) is 22.3 Å². The molecule has 0 aromatic heterocycles. The van der Waals surface area contributed by atoms with Gasteiger partial charge in [-0.15, -0.1) is 0 Å². The number of amides is 4. The number of hydrogen-bond donors (Lipinski definition) is 1. The molecule has 7 heteroatoms. The van der Waals surface area contributed by atoms with E-state index >= 15 is 0 Å². The van der Waals surface area contributed by atoms with E-state index in [4.69, 9.17) is 0 Å². The lowest BCUT2D eigenvalue weighted by Crippen LogP contribution is -2.48. The SMILES string of the molecule is O=C(c1ccc(CN2C(=O)CNC2=O)cc1)N1CCN(c2ccccc2)CC1. The quantitative estimate of drug-likeness (QED) is 0.822. The fraction of sp³-hybridized carbons (Fsp3) is 0.286. The minimum absolute atomic E-state index is 0.00857. The zero-order chi connectivity index (χ0) is 19.5. The molecule has 28 heavy (non-hydrogen) atoms. The summed E-state index contributed by atoms with van der Waals surface area (Å²) in [5, 5.41) is 2.50. The van der Waals surface area contributed by atoms with Gasteiger partial charge in [-0.3, -0.25) is 14.5 Å². The van der Waals surface area contributed by atoms with Gasteiger partial charge in [0.05, 0.1) is 13.1 Å². The van der Waals surface area contributed by atoms with Gasteiger partial charge in [0.2, 0.25) is 5.91 Å². The smallest absolute Gasteiger partial charge is 0.324 e. The highest BCUT2D eigenvalue weighted by molar-refractivity contribution is 6.01. The minimum Gasteiger partial charge on any atom is -0.368 e. The van der Waals surface area contributed by atoms with Crippen LogP contribution in [0.5, 0.6) is 0 Å². The van der Waals surface area contributed by atoms with Gasteiger partial charge in [-0.05, 0) is 29.8 Å². The normalized spacial score (nSPS) is 17.1. The highest BCUT2D eigenvalue weighted by atomic mass is 16.2. The second-order valence-corrected chi connectivity index (χ2v) is 6.95. The second-order valence-electron chi connectivity index (χ2n) is 6.95. The molecule has 0 bridgehead atoms. The first-order valence-electron chi connectivity index (χ1n) is 9.38. The summed E-state index contributed by atoms with van der Waals surface area (Å²) in [5.74, 6) is -0.226. The summed E-state index contributed by atoms with van der Waals surface area (Å²) in [6, 6.07) is 17.0. The van der Waals surface area contributed by atoms with Crippen LogP contribution in [0.4, 0.5) is 10.5 Å². The van der Waals surface area contributed by atoms with Crippen LogP contribution < -0.4 is 10.2 Å². The number of urea groups is 1. The number of rotatable bonds is 4. The van der Waals surface area contributed by atoms with Crippen LogP contribution in [0.15, 0.2) is 54.6 Å². The van der Waals surface area contributed by atoms with Gasteiger partial charge >= 0.3 is 6.03 Å². The predicted octanol–water partition coefficient (Wildman–Crippen LogP) is 1.70. The zero-order valence-corrected chi connectivity index (χ0v) is 15.5. The van der Waals surface area contributed by atoms with Crippen LogP contribution in [0.3, 0.4) is 0 Å². The average molecular weight is 378 g/mol. The van der Waals surface area contributed by atoms with Crippen LogP contribution in [-0.2, 0) is 11.3 Å². The van der Waals surface area contributed by atoms with Crippen molar-refractivity contribution in [3.63, 3.8) is 0 Å². The maximum Gasteiger partial charge on any atom is 0.324 e. The molecule has 2 saturated heterocycles. The van der Waals surface area contributed by atoms with Crippen molar-refractivity contribution in [1.82, 2.24) is 15.1 Å². The van der Waals surface area contributed by atoms with Crippen molar-refractivity contribution in [2.75, 3.05) is 37.6 Å². The Morgan fingerprint density at radius 3 is 2.18 bits per heavy atom. The summed E-state index contributed by atoms with van der Waals surface area (Å²) in [5.41, 5.74) is 2.62. The highest BCUT2D eigenvalue weighted by Crippen LogP contribution is 2.17. The fourth-order valence-corrected chi connectivity index (χ4v) is 3.54. The average Bonchev–Trinajstić information content (AvgIpc) is 3.06. The molecule has 0 aliphatic carbocycles. The molecule has 0 radical (unpaired) electrons. The van der Waals surface area contributed by atoms with Crippen LogP contribution in [0.1, 0.15) is 15.9 Å². The number of nitrogens with zero attached hydrogens (tertiary/aromatic N) is 3. The predicted molar refractivity (Wildman–Crippen MR) is 105 cm³/mol. The van der Waals surface area contributed by atoms with Gasteiger partial charge in [0, 0.05) is 37.4 Å². The van der Waals surface area contributed by atoms with E-state index < -0.39 is 0 Å². The van der Waals surface area contributed by atoms with Crippen molar-refractivity contribution in [2.24, 2.45) is 0 Å². The summed E-state index contributed by atoms with van der Waals surface area (Å²) < 4.78 is 0. The number of carbonyl (C=O) groups excluding carboxylic acids is 3. The molecular formula is C21H22N4O3. The summed E-state index contributed by atoms with van der Waals surface area (Å²) in [7, 11) is 0. The molecule has 2 fully saturated rings. The van der Waals surface area contributed by atoms with E-state index in [0.29, 0.717) is 18.7 Å². The lowest BCUT2D eigenvalue weighted by atomic mass is 10.1. The Kier molecular flexibility index (Phi) is 4.97. The molecule has 0 saturated carbocycles. The Balaban J connectivity index is 1.35. The molecular weight excluding hydrogens is 356 g/mol. The Hall–Kier alpha value is -3.35. The Labute approximate surface area is 163 Å². The van der Waals surface area contributed by atoms with E-state index in [1.54, 1.807) is 24.3 Å². The van der Waals surface area contributed by atoms with E-state index in [1.807, 2.05) is 23.1 Å². The number of piperazine rings is 1. The van der Waals surface area contributed by atoms with Gasteiger partial charge in [0.25, 0.3) is 5.91 Å². The van der Waals surface area contributed by atoms with Crippen LogP contribution in [0.25, 0.3) is 0 Å². The molecule has 2 aromatic rings. The standard InChI is InChI=1S/C21H22N4O3/c26-19-14-22-21(28)25(19)15-16-6-8-17(9-7-16)20(27)24-12-10-23(11-13-24)18-4-2-1-3-5-18/h1-9H,10-15H2,(H,22,28). The topological polar surface area (TPSA) is 73.0 Å². The lowest BCUT2D eigenvalue weighted by Gasteiger charge is -2.36. The Morgan fingerprint density at radius 2 is 1.57 bits per heavy atom. The van der Waals surface area contributed by atoms with Crippen molar-refractivity contribution in [1.29, 1.82) is 0 Å². The lowest BCUT2D eigenvalue weighted by molar-refractivity contribution is -0.125. The van der Waals surface area contributed by atoms with Crippen molar-refractivity contribution < 1.29 is 14.4 Å². The van der Waals surface area contributed by atoms with Crippen molar-refractivity contribution in [3.05, 3.63) is 65.7 Å². The molecule has 4 rings (SSSR count). The summed E-state index contributed by atoms with van der Waals surface area (Å²) in [6.07, 6.45) is 0. The molecule has 0 atom stereocenters. The van der Waals surface area contributed by atoms with Gasteiger partial charge in [-0.1, -0.05) is 30.3 Å². The highest BCUT2D eigenvalue weighted by Gasteiger charge is 2.28. The summed E-state index contributed by atoms with van der Waals surface area (Å²) >= 11 is 0. The van der Waals surface area contributed by atoms with Crippen LogP contribution in [0.2, 0.25) is 0 Å². The molecule has 2 heterocycles. The first kappa shape index (κ1) is 18.0. The largest absolute Gasteiger partial charge is 0.368 e.